The average Bonchev–Trinajstić information content (AvgIpc) is 3.19. The Morgan fingerprint density at radius 2 is 1.96 bits per heavy atom. The largest absolute Gasteiger partial charge is 0.416 e. The van der Waals surface area contributed by atoms with E-state index in [2.05, 4.69) is 15.3 Å². The van der Waals surface area contributed by atoms with Crippen LogP contribution in [0.15, 0.2) is 42.7 Å². The molecule has 0 radical (unpaired) electrons. The van der Waals surface area contributed by atoms with E-state index in [0.717, 1.165) is 17.6 Å². The average molecular weight is 364 g/mol. The van der Waals surface area contributed by atoms with Crippen LogP contribution in [-0.4, -0.2) is 22.5 Å². The van der Waals surface area contributed by atoms with Crippen molar-refractivity contribution in [1.29, 1.82) is 0 Å². The lowest BCUT2D eigenvalue weighted by molar-refractivity contribution is -0.137. The van der Waals surface area contributed by atoms with Crippen LogP contribution in [0.25, 0.3) is 11.0 Å². The summed E-state index contributed by atoms with van der Waals surface area (Å²) in [5, 5.41) is 2.55. The second-order valence-corrected chi connectivity index (χ2v) is 5.91. The van der Waals surface area contributed by atoms with Crippen LogP contribution in [0.3, 0.4) is 0 Å². The Balaban J connectivity index is 1.79. The first-order chi connectivity index (χ1) is 12.3. The van der Waals surface area contributed by atoms with Gasteiger partial charge in [0.2, 0.25) is 0 Å². The topological polar surface area (TPSA) is 61.0 Å². The number of halogens is 4. The molecule has 5 nitrogen and oxygen atoms in total. The van der Waals surface area contributed by atoms with Gasteiger partial charge in [0, 0.05) is 17.8 Å². The summed E-state index contributed by atoms with van der Waals surface area (Å²) in [5.41, 5.74) is 0.596. The lowest BCUT2D eigenvalue weighted by atomic mass is 10.0. The first kappa shape index (κ1) is 16.4. The lowest BCUT2D eigenvalue weighted by Gasteiger charge is -2.24. The predicted molar refractivity (Wildman–Crippen MR) is 86.1 cm³/mol. The molecule has 0 saturated carbocycles. The summed E-state index contributed by atoms with van der Waals surface area (Å²) in [6, 6.07) is 5.74. The van der Waals surface area contributed by atoms with Crippen molar-refractivity contribution in [2.45, 2.75) is 12.2 Å². The summed E-state index contributed by atoms with van der Waals surface area (Å²) < 4.78 is 53.3. The maximum Gasteiger partial charge on any atom is 0.416 e. The van der Waals surface area contributed by atoms with Crippen LogP contribution in [0.5, 0.6) is 0 Å². The number of aromatic nitrogens is 2. The molecule has 26 heavy (non-hydrogen) atoms. The smallest absolute Gasteiger partial charge is 0.345 e. The minimum Gasteiger partial charge on any atom is -0.345 e. The third-order valence-electron chi connectivity index (χ3n) is 4.34. The molecule has 2 amide bonds. The molecule has 1 aliphatic rings. The number of urea groups is 1. The van der Waals surface area contributed by atoms with Crippen LogP contribution in [0.1, 0.15) is 17.2 Å². The van der Waals surface area contributed by atoms with Gasteiger partial charge in [0.05, 0.1) is 29.0 Å². The molecule has 9 heteroatoms. The third-order valence-corrected chi connectivity index (χ3v) is 4.34. The van der Waals surface area contributed by atoms with Crippen molar-refractivity contribution < 1.29 is 22.4 Å². The molecule has 2 aromatic carbocycles. The Kier molecular flexibility index (Phi) is 3.60. The van der Waals surface area contributed by atoms with E-state index in [1.807, 2.05) is 0 Å². The SMILES string of the molecule is O=C1NCC(c2cc(C(F)(F)F)ccc2F)N1c1ccc2[nH]cnc2c1. The van der Waals surface area contributed by atoms with Gasteiger partial charge in [-0.3, -0.25) is 4.90 Å². The zero-order valence-electron chi connectivity index (χ0n) is 13.1. The van der Waals surface area contributed by atoms with E-state index in [9.17, 15) is 22.4 Å². The second-order valence-electron chi connectivity index (χ2n) is 5.91. The molecule has 4 rings (SSSR count). The summed E-state index contributed by atoms with van der Waals surface area (Å²) in [7, 11) is 0. The zero-order chi connectivity index (χ0) is 18.5. The van der Waals surface area contributed by atoms with E-state index in [-0.39, 0.29) is 12.1 Å². The van der Waals surface area contributed by atoms with Gasteiger partial charge in [-0.25, -0.2) is 14.2 Å². The van der Waals surface area contributed by atoms with Gasteiger partial charge in [-0.15, -0.1) is 0 Å². The van der Waals surface area contributed by atoms with Crippen LogP contribution in [0.4, 0.5) is 28.0 Å². The number of imidazole rings is 1. The molecule has 1 fully saturated rings. The van der Waals surface area contributed by atoms with Crippen molar-refractivity contribution in [2.24, 2.45) is 0 Å². The van der Waals surface area contributed by atoms with Gasteiger partial charge in [-0.2, -0.15) is 13.2 Å². The van der Waals surface area contributed by atoms with Crippen molar-refractivity contribution >= 4 is 22.8 Å². The Morgan fingerprint density at radius 1 is 1.15 bits per heavy atom. The lowest BCUT2D eigenvalue weighted by Crippen LogP contribution is -2.30. The molecule has 2 N–H and O–H groups in total. The molecule has 0 aliphatic carbocycles. The number of anilines is 1. The van der Waals surface area contributed by atoms with Gasteiger partial charge < -0.3 is 10.3 Å². The van der Waals surface area contributed by atoms with E-state index in [4.69, 9.17) is 0 Å². The number of alkyl halides is 3. The first-order valence-corrected chi connectivity index (χ1v) is 7.71. The number of H-pyrrole nitrogens is 1. The number of hydrogen-bond donors (Lipinski definition) is 2. The fourth-order valence-corrected chi connectivity index (χ4v) is 3.09. The van der Waals surface area contributed by atoms with Crippen LogP contribution in [-0.2, 0) is 6.18 Å². The fourth-order valence-electron chi connectivity index (χ4n) is 3.09. The molecule has 1 unspecified atom stereocenters. The minimum absolute atomic E-state index is 0.00430. The number of fused-ring (bicyclic) bond motifs is 1. The van der Waals surface area contributed by atoms with Gasteiger partial charge >= 0.3 is 12.2 Å². The molecule has 0 bridgehead atoms. The number of hydrogen-bond acceptors (Lipinski definition) is 2. The highest BCUT2D eigenvalue weighted by Crippen LogP contribution is 2.36. The molecule has 1 aliphatic heterocycles. The number of aromatic amines is 1. The normalized spacial score (nSPS) is 17.8. The molecule has 2 heterocycles. The van der Waals surface area contributed by atoms with Crippen molar-refractivity contribution in [3.8, 4) is 0 Å². The number of nitrogens with zero attached hydrogens (tertiary/aromatic N) is 2. The van der Waals surface area contributed by atoms with Crippen LogP contribution >= 0.6 is 0 Å². The van der Waals surface area contributed by atoms with Crippen LogP contribution in [0.2, 0.25) is 0 Å². The highest BCUT2D eigenvalue weighted by molar-refractivity contribution is 5.97. The second kappa shape index (κ2) is 5.72. The monoisotopic (exact) mass is 364 g/mol. The number of benzene rings is 2. The third kappa shape index (κ3) is 2.65. The number of amides is 2. The van der Waals surface area contributed by atoms with Crippen molar-refractivity contribution in [2.75, 3.05) is 11.4 Å². The highest BCUT2D eigenvalue weighted by atomic mass is 19.4. The van der Waals surface area contributed by atoms with E-state index in [1.54, 1.807) is 18.2 Å². The summed E-state index contributed by atoms with van der Waals surface area (Å²) in [5.74, 6) is -0.801. The summed E-state index contributed by atoms with van der Waals surface area (Å²) in [6.07, 6.45) is -3.11. The van der Waals surface area contributed by atoms with Gasteiger partial charge in [0.1, 0.15) is 5.82 Å². The Bertz CT molecular complexity index is 998. The highest BCUT2D eigenvalue weighted by Gasteiger charge is 2.37. The first-order valence-electron chi connectivity index (χ1n) is 7.71. The minimum atomic E-state index is -4.60. The van der Waals surface area contributed by atoms with E-state index in [0.29, 0.717) is 17.3 Å². The zero-order valence-corrected chi connectivity index (χ0v) is 13.1. The van der Waals surface area contributed by atoms with Gasteiger partial charge in [-0.1, -0.05) is 0 Å². The summed E-state index contributed by atoms with van der Waals surface area (Å²) in [6.45, 7) is -0.00430. The Hall–Kier alpha value is -3.10. The van der Waals surface area contributed by atoms with Crippen molar-refractivity contribution in [1.82, 2.24) is 15.3 Å². The molecule has 1 atom stereocenters. The number of rotatable bonds is 2. The van der Waals surface area contributed by atoms with Crippen molar-refractivity contribution in [3.63, 3.8) is 0 Å². The number of carbonyl (C=O) groups excluding carboxylic acids is 1. The molecule has 3 aromatic rings. The molecular weight excluding hydrogens is 352 g/mol. The van der Waals surface area contributed by atoms with Gasteiger partial charge in [0.15, 0.2) is 0 Å². The summed E-state index contributed by atoms with van der Waals surface area (Å²) in [4.78, 5) is 20.5. The molecule has 134 valence electrons. The molecular formula is C17H12F4N4O. The molecule has 1 saturated heterocycles. The van der Waals surface area contributed by atoms with E-state index in [1.165, 1.54) is 11.2 Å². The van der Waals surface area contributed by atoms with Crippen LogP contribution < -0.4 is 10.2 Å². The number of nitrogens with one attached hydrogen (secondary N) is 2. The van der Waals surface area contributed by atoms with E-state index < -0.39 is 29.6 Å². The van der Waals surface area contributed by atoms with Crippen molar-refractivity contribution in [3.05, 3.63) is 59.7 Å². The molecule has 1 aromatic heterocycles. The molecule has 0 spiro atoms. The van der Waals surface area contributed by atoms with Gasteiger partial charge in [-0.05, 0) is 36.4 Å². The van der Waals surface area contributed by atoms with E-state index >= 15 is 0 Å². The Labute approximate surface area is 144 Å². The Morgan fingerprint density at radius 3 is 2.73 bits per heavy atom. The maximum absolute atomic E-state index is 14.3. The van der Waals surface area contributed by atoms with Crippen LogP contribution in [0, 0.1) is 5.82 Å². The predicted octanol–water partition coefficient (Wildman–Crippen LogP) is 3.99. The van der Waals surface area contributed by atoms with Gasteiger partial charge in [0.25, 0.3) is 0 Å². The number of carbonyl (C=O) groups is 1. The quantitative estimate of drug-likeness (QED) is 0.676. The standard InChI is InChI=1S/C17H12F4N4O/c18-12-3-1-9(17(19,20)21)5-11(12)15-7-22-16(26)25(15)10-2-4-13-14(6-10)24-8-23-13/h1-6,8,15H,7H2,(H,22,26)(H,23,24). The fraction of sp³-hybridized carbons (Fsp3) is 0.176. The summed E-state index contributed by atoms with van der Waals surface area (Å²) >= 11 is 0. The maximum atomic E-state index is 14.3.